The van der Waals surface area contributed by atoms with E-state index in [1.54, 1.807) is 35.9 Å². The molecule has 1 atom stereocenters. The van der Waals surface area contributed by atoms with Gasteiger partial charge < -0.3 is 10.1 Å². The van der Waals surface area contributed by atoms with Gasteiger partial charge >= 0.3 is 5.97 Å². The quantitative estimate of drug-likeness (QED) is 0.640. The molecule has 4 rings (SSSR count). The van der Waals surface area contributed by atoms with Gasteiger partial charge in [-0.15, -0.1) is 11.3 Å². The number of nitrogens with one attached hydrogen (secondary N) is 1. The maximum absolute atomic E-state index is 11.8. The van der Waals surface area contributed by atoms with Gasteiger partial charge in [-0.25, -0.2) is 14.8 Å². The lowest BCUT2D eigenvalue weighted by atomic mass is 9.89. The zero-order valence-corrected chi connectivity index (χ0v) is 16.1. The maximum atomic E-state index is 11.8. The standard InChI is InChI=1S/C19H18ClN3O2S/c1-10-3-5-12-15(7-10)26-18-16(12)17(21-9-22-18)23-14-8-11(19(24)25-2)4-6-13(14)20/h4,6,8-10H,3,5,7H2,1-2H3,(H,21,22,23). The summed E-state index contributed by atoms with van der Waals surface area (Å²) in [5, 5.41) is 4.88. The van der Waals surface area contributed by atoms with Gasteiger partial charge in [-0.1, -0.05) is 18.5 Å². The number of halogens is 1. The highest BCUT2D eigenvalue weighted by Gasteiger charge is 2.23. The number of anilines is 2. The summed E-state index contributed by atoms with van der Waals surface area (Å²) in [7, 11) is 1.36. The number of aryl methyl sites for hydroxylation is 1. The average molecular weight is 388 g/mol. The lowest BCUT2D eigenvalue weighted by Gasteiger charge is -2.18. The monoisotopic (exact) mass is 387 g/mol. The molecule has 0 bridgehead atoms. The van der Waals surface area contributed by atoms with E-state index < -0.39 is 5.97 Å². The summed E-state index contributed by atoms with van der Waals surface area (Å²) in [5.41, 5.74) is 2.40. The number of esters is 1. The number of thiophene rings is 1. The molecule has 0 aliphatic heterocycles. The molecule has 0 fully saturated rings. The van der Waals surface area contributed by atoms with Crippen molar-refractivity contribution in [3.8, 4) is 0 Å². The highest BCUT2D eigenvalue weighted by molar-refractivity contribution is 7.19. The van der Waals surface area contributed by atoms with Crippen LogP contribution >= 0.6 is 22.9 Å². The number of fused-ring (bicyclic) bond motifs is 3. The Kier molecular flexibility index (Phi) is 4.54. The van der Waals surface area contributed by atoms with E-state index in [1.165, 1.54) is 24.0 Å². The number of carbonyl (C=O) groups is 1. The second kappa shape index (κ2) is 6.85. The van der Waals surface area contributed by atoms with Gasteiger partial charge in [-0.2, -0.15) is 0 Å². The van der Waals surface area contributed by atoms with E-state index in [0.717, 1.165) is 28.9 Å². The SMILES string of the molecule is COC(=O)c1ccc(Cl)c(Nc2ncnc3sc4c(c23)CCC(C)C4)c1. The Balaban J connectivity index is 1.78. The molecule has 2 heterocycles. The molecule has 134 valence electrons. The molecule has 0 radical (unpaired) electrons. The molecule has 0 saturated heterocycles. The number of hydrogen-bond donors (Lipinski definition) is 1. The highest BCUT2D eigenvalue weighted by Crippen LogP contribution is 2.40. The molecule has 1 aliphatic rings. The molecule has 5 nitrogen and oxygen atoms in total. The predicted molar refractivity (Wildman–Crippen MR) is 105 cm³/mol. The Morgan fingerprint density at radius 3 is 3.04 bits per heavy atom. The van der Waals surface area contributed by atoms with Crippen molar-refractivity contribution >= 4 is 50.6 Å². The van der Waals surface area contributed by atoms with Crippen molar-refractivity contribution in [3.63, 3.8) is 0 Å². The van der Waals surface area contributed by atoms with Crippen molar-refractivity contribution in [1.29, 1.82) is 0 Å². The second-order valence-corrected chi connectivity index (χ2v) is 8.06. The minimum absolute atomic E-state index is 0.403. The summed E-state index contributed by atoms with van der Waals surface area (Å²) in [5.74, 6) is 1.02. The number of aromatic nitrogens is 2. The number of benzene rings is 1. The fourth-order valence-electron chi connectivity index (χ4n) is 3.36. The number of nitrogens with zero attached hydrogens (tertiary/aromatic N) is 2. The van der Waals surface area contributed by atoms with Gasteiger partial charge in [0.1, 0.15) is 17.0 Å². The molecule has 2 aromatic heterocycles. The number of carbonyl (C=O) groups excluding carboxylic acids is 1. The Morgan fingerprint density at radius 2 is 2.23 bits per heavy atom. The summed E-state index contributed by atoms with van der Waals surface area (Å²) in [6, 6.07) is 5.01. The van der Waals surface area contributed by atoms with E-state index in [1.807, 2.05) is 0 Å². The van der Waals surface area contributed by atoms with Crippen molar-refractivity contribution in [2.75, 3.05) is 12.4 Å². The molecule has 1 N–H and O–H groups in total. The first-order valence-electron chi connectivity index (χ1n) is 8.47. The third kappa shape index (κ3) is 3.04. The lowest BCUT2D eigenvalue weighted by Crippen LogP contribution is -2.09. The van der Waals surface area contributed by atoms with E-state index >= 15 is 0 Å². The zero-order valence-electron chi connectivity index (χ0n) is 14.5. The van der Waals surface area contributed by atoms with Crippen LogP contribution in [0, 0.1) is 5.92 Å². The maximum Gasteiger partial charge on any atom is 0.337 e. The summed E-state index contributed by atoms with van der Waals surface area (Å²) < 4.78 is 4.79. The van der Waals surface area contributed by atoms with Crippen LogP contribution in [0.15, 0.2) is 24.5 Å². The van der Waals surface area contributed by atoms with E-state index in [2.05, 4.69) is 22.2 Å². The molecule has 0 amide bonds. The lowest BCUT2D eigenvalue weighted by molar-refractivity contribution is 0.0601. The summed E-state index contributed by atoms with van der Waals surface area (Å²) >= 11 is 8.07. The summed E-state index contributed by atoms with van der Waals surface area (Å²) in [6.07, 6.45) is 4.86. The summed E-state index contributed by atoms with van der Waals surface area (Å²) in [6.45, 7) is 2.29. The topological polar surface area (TPSA) is 64.1 Å². The highest BCUT2D eigenvalue weighted by atomic mass is 35.5. The molecule has 1 aromatic carbocycles. The van der Waals surface area contributed by atoms with Crippen LogP contribution in [-0.4, -0.2) is 23.0 Å². The molecule has 1 unspecified atom stereocenters. The number of methoxy groups -OCH3 is 1. The fourth-order valence-corrected chi connectivity index (χ4v) is 4.88. The van der Waals surface area contributed by atoms with Gasteiger partial charge in [-0.3, -0.25) is 0 Å². The van der Waals surface area contributed by atoms with Crippen LogP contribution in [0.25, 0.3) is 10.2 Å². The molecular formula is C19H18ClN3O2S. The zero-order chi connectivity index (χ0) is 18.3. The second-order valence-electron chi connectivity index (χ2n) is 6.57. The van der Waals surface area contributed by atoms with Crippen LogP contribution in [0.3, 0.4) is 0 Å². The number of rotatable bonds is 3. The van der Waals surface area contributed by atoms with Gasteiger partial charge in [0.15, 0.2) is 0 Å². The van der Waals surface area contributed by atoms with Crippen LogP contribution in [0.5, 0.6) is 0 Å². The Labute approximate surface area is 160 Å². The predicted octanol–water partition coefficient (Wildman–Crippen LogP) is 5.00. The van der Waals surface area contributed by atoms with Gasteiger partial charge in [0.05, 0.1) is 28.8 Å². The minimum Gasteiger partial charge on any atom is -0.465 e. The molecule has 0 saturated carbocycles. The van der Waals surface area contributed by atoms with Crippen LogP contribution in [-0.2, 0) is 17.6 Å². The van der Waals surface area contributed by atoms with Crippen molar-refractivity contribution in [2.45, 2.75) is 26.2 Å². The third-order valence-electron chi connectivity index (χ3n) is 4.73. The molecular weight excluding hydrogens is 370 g/mol. The van der Waals surface area contributed by atoms with Crippen LogP contribution in [0.4, 0.5) is 11.5 Å². The fraction of sp³-hybridized carbons (Fsp3) is 0.316. The molecule has 1 aliphatic carbocycles. The summed E-state index contributed by atoms with van der Waals surface area (Å²) in [4.78, 5) is 23.1. The van der Waals surface area contributed by atoms with E-state index in [4.69, 9.17) is 16.3 Å². The van der Waals surface area contributed by atoms with Gasteiger partial charge in [0.25, 0.3) is 0 Å². The van der Waals surface area contributed by atoms with Gasteiger partial charge in [-0.05, 0) is 48.9 Å². The number of ether oxygens (including phenoxy) is 1. The van der Waals surface area contributed by atoms with E-state index in [0.29, 0.717) is 22.2 Å². The normalized spacial score (nSPS) is 16.3. The molecule has 7 heteroatoms. The third-order valence-corrected chi connectivity index (χ3v) is 6.22. The van der Waals surface area contributed by atoms with Gasteiger partial charge in [0, 0.05) is 4.88 Å². The van der Waals surface area contributed by atoms with E-state index in [-0.39, 0.29) is 0 Å². The number of hydrogen-bond acceptors (Lipinski definition) is 6. The van der Waals surface area contributed by atoms with Crippen molar-refractivity contribution in [2.24, 2.45) is 5.92 Å². The van der Waals surface area contributed by atoms with Crippen molar-refractivity contribution < 1.29 is 9.53 Å². The van der Waals surface area contributed by atoms with Crippen LogP contribution < -0.4 is 5.32 Å². The first kappa shape index (κ1) is 17.2. The first-order valence-corrected chi connectivity index (χ1v) is 9.66. The molecule has 26 heavy (non-hydrogen) atoms. The minimum atomic E-state index is -0.403. The van der Waals surface area contributed by atoms with Crippen LogP contribution in [0.2, 0.25) is 5.02 Å². The Bertz CT molecular complexity index is 1000. The van der Waals surface area contributed by atoms with Gasteiger partial charge in [0.2, 0.25) is 0 Å². The van der Waals surface area contributed by atoms with Crippen molar-refractivity contribution in [1.82, 2.24) is 9.97 Å². The van der Waals surface area contributed by atoms with Crippen LogP contribution in [0.1, 0.15) is 34.1 Å². The smallest absolute Gasteiger partial charge is 0.337 e. The molecule has 0 spiro atoms. The average Bonchev–Trinajstić information content (AvgIpc) is 3.01. The van der Waals surface area contributed by atoms with Crippen molar-refractivity contribution in [3.05, 3.63) is 45.6 Å². The largest absolute Gasteiger partial charge is 0.465 e. The van der Waals surface area contributed by atoms with E-state index in [9.17, 15) is 4.79 Å². The first-order chi connectivity index (χ1) is 12.6. The molecule has 3 aromatic rings. The Morgan fingerprint density at radius 1 is 1.38 bits per heavy atom. The Hall–Kier alpha value is -2.18.